The standard InChI is InChI=1S/C25H39N5OS/c1-6-8-10-21(14-20-15-26-19(4)22(20)11-9-7-2)28-24(31)23-16-27-25(32-23)30-13-12-29(5)18(3)17-30/h7,9,11,15-16,18-19,21,26H,6,8,10,12-14,17H2,1-5H3,(H,28,31)/b9-7-,22-11+/t18-,19?,21?/m1/s1. The van der Waals surface area contributed by atoms with E-state index in [4.69, 9.17) is 0 Å². The summed E-state index contributed by atoms with van der Waals surface area (Å²) in [5.41, 5.74) is 2.59. The molecule has 0 aromatic carbocycles. The van der Waals surface area contributed by atoms with Gasteiger partial charge in [0.2, 0.25) is 0 Å². The van der Waals surface area contributed by atoms with E-state index in [2.05, 4.69) is 77.7 Å². The predicted molar refractivity (Wildman–Crippen MR) is 135 cm³/mol. The van der Waals surface area contributed by atoms with Crippen molar-refractivity contribution in [3.63, 3.8) is 0 Å². The molecule has 1 aromatic rings. The Labute approximate surface area is 197 Å². The van der Waals surface area contributed by atoms with Crippen LogP contribution in [0.15, 0.2) is 41.8 Å². The summed E-state index contributed by atoms with van der Waals surface area (Å²) in [5.74, 6) is -0.00406. The number of carbonyl (C=O) groups excluding carboxylic acids is 1. The highest BCUT2D eigenvalue weighted by Gasteiger charge is 2.25. The monoisotopic (exact) mass is 457 g/mol. The third kappa shape index (κ3) is 6.23. The van der Waals surface area contributed by atoms with Crippen molar-refractivity contribution in [1.29, 1.82) is 0 Å². The molecule has 3 atom stereocenters. The van der Waals surface area contributed by atoms with E-state index in [9.17, 15) is 4.79 Å². The van der Waals surface area contributed by atoms with Crippen LogP contribution in [-0.2, 0) is 0 Å². The van der Waals surface area contributed by atoms with Gasteiger partial charge in [0.1, 0.15) is 4.88 Å². The molecule has 0 aliphatic carbocycles. The molecule has 1 saturated heterocycles. The Morgan fingerprint density at radius 1 is 1.41 bits per heavy atom. The molecular formula is C25H39N5OS. The summed E-state index contributed by atoms with van der Waals surface area (Å²) in [7, 11) is 2.16. The van der Waals surface area contributed by atoms with E-state index in [1.165, 1.54) is 22.5 Å². The Balaban J connectivity index is 1.66. The van der Waals surface area contributed by atoms with E-state index in [-0.39, 0.29) is 11.9 Å². The fourth-order valence-corrected chi connectivity index (χ4v) is 5.09. The Morgan fingerprint density at radius 3 is 2.94 bits per heavy atom. The third-order valence-electron chi connectivity index (χ3n) is 6.47. The molecule has 2 unspecified atom stereocenters. The van der Waals surface area contributed by atoms with Gasteiger partial charge in [-0.05, 0) is 51.8 Å². The molecule has 6 nitrogen and oxygen atoms in total. The van der Waals surface area contributed by atoms with Crippen LogP contribution in [0.5, 0.6) is 0 Å². The van der Waals surface area contributed by atoms with E-state index in [0.717, 1.165) is 50.4 Å². The number of allylic oxidation sites excluding steroid dienone is 3. The lowest BCUT2D eigenvalue weighted by Crippen LogP contribution is -2.50. The molecule has 0 bridgehead atoms. The summed E-state index contributed by atoms with van der Waals surface area (Å²) >= 11 is 1.51. The van der Waals surface area contributed by atoms with Gasteiger partial charge in [-0.15, -0.1) is 0 Å². The summed E-state index contributed by atoms with van der Waals surface area (Å²) in [6.45, 7) is 11.6. The second-order valence-corrected chi connectivity index (χ2v) is 10.0. The predicted octanol–water partition coefficient (Wildman–Crippen LogP) is 4.34. The second kappa shape index (κ2) is 11.7. The first-order valence-electron chi connectivity index (χ1n) is 11.9. The van der Waals surface area contributed by atoms with E-state index in [0.29, 0.717) is 17.0 Å². The summed E-state index contributed by atoms with van der Waals surface area (Å²) in [5, 5.41) is 7.69. The van der Waals surface area contributed by atoms with Gasteiger partial charge in [0.05, 0.1) is 6.20 Å². The van der Waals surface area contributed by atoms with Crippen molar-refractivity contribution in [3.05, 3.63) is 46.6 Å². The maximum atomic E-state index is 13.1. The van der Waals surface area contributed by atoms with E-state index in [1.54, 1.807) is 6.20 Å². The van der Waals surface area contributed by atoms with Gasteiger partial charge < -0.3 is 20.4 Å². The highest BCUT2D eigenvalue weighted by molar-refractivity contribution is 7.17. The first-order valence-corrected chi connectivity index (χ1v) is 12.7. The minimum Gasteiger partial charge on any atom is -0.384 e. The number of amides is 1. The van der Waals surface area contributed by atoms with Gasteiger partial charge in [-0.2, -0.15) is 0 Å². The van der Waals surface area contributed by atoms with Crippen LogP contribution in [0, 0.1) is 0 Å². The minimum atomic E-state index is -0.00406. The molecule has 7 heteroatoms. The van der Waals surface area contributed by atoms with Crippen molar-refractivity contribution < 1.29 is 4.79 Å². The highest BCUT2D eigenvalue weighted by atomic mass is 32.1. The SMILES string of the molecule is C/C=C\C=C1\C(CC(CCCC)NC(=O)c2cnc(N3CCN(C)[C@H](C)C3)s2)=CNC1C. The molecule has 2 N–H and O–H groups in total. The lowest BCUT2D eigenvalue weighted by atomic mass is 9.94. The Morgan fingerprint density at radius 2 is 2.22 bits per heavy atom. The lowest BCUT2D eigenvalue weighted by molar-refractivity contribution is 0.0938. The van der Waals surface area contributed by atoms with Crippen LogP contribution in [-0.4, -0.2) is 60.6 Å². The van der Waals surface area contributed by atoms with Gasteiger partial charge in [-0.25, -0.2) is 4.98 Å². The van der Waals surface area contributed by atoms with E-state index < -0.39 is 0 Å². The Bertz CT molecular complexity index is 858. The summed E-state index contributed by atoms with van der Waals surface area (Å²) < 4.78 is 0. The molecule has 3 heterocycles. The van der Waals surface area contributed by atoms with Crippen LogP contribution in [0.1, 0.15) is 63.0 Å². The van der Waals surface area contributed by atoms with Crippen molar-refractivity contribution in [3.8, 4) is 0 Å². The number of unbranched alkanes of at least 4 members (excludes halogenated alkanes) is 1. The number of piperazine rings is 1. The number of hydrogen-bond acceptors (Lipinski definition) is 6. The molecule has 0 radical (unpaired) electrons. The third-order valence-corrected chi connectivity index (χ3v) is 7.53. The van der Waals surface area contributed by atoms with Gasteiger partial charge in [0.25, 0.3) is 5.91 Å². The van der Waals surface area contributed by atoms with Gasteiger partial charge in [0, 0.05) is 44.0 Å². The van der Waals surface area contributed by atoms with Gasteiger partial charge in [-0.1, -0.05) is 49.3 Å². The van der Waals surface area contributed by atoms with Crippen LogP contribution < -0.4 is 15.5 Å². The molecule has 2 aliphatic heterocycles. The van der Waals surface area contributed by atoms with Crippen molar-refractivity contribution in [2.45, 2.75) is 71.5 Å². The highest BCUT2D eigenvalue weighted by Crippen LogP contribution is 2.28. The van der Waals surface area contributed by atoms with Crippen molar-refractivity contribution >= 4 is 22.4 Å². The van der Waals surface area contributed by atoms with Crippen LogP contribution in [0.25, 0.3) is 0 Å². The summed E-state index contributed by atoms with van der Waals surface area (Å²) in [6, 6.07) is 0.909. The van der Waals surface area contributed by atoms with Gasteiger partial charge in [-0.3, -0.25) is 4.79 Å². The van der Waals surface area contributed by atoms with Crippen molar-refractivity contribution in [2.24, 2.45) is 0 Å². The number of anilines is 1. The van der Waals surface area contributed by atoms with E-state index >= 15 is 0 Å². The molecule has 3 rings (SSSR count). The lowest BCUT2D eigenvalue weighted by Gasteiger charge is -2.37. The molecule has 176 valence electrons. The molecule has 0 spiro atoms. The minimum absolute atomic E-state index is 0.00406. The summed E-state index contributed by atoms with van der Waals surface area (Å²) in [4.78, 5) is 23.0. The second-order valence-electron chi connectivity index (χ2n) is 9.01. The molecular weight excluding hydrogens is 418 g/mol. The fourth-order valence-electron chi connectivity index (χ4n) is 4.24. The van der Waals surface area contributed by atoms with Gasteiger partial charge >= 0.3 is 0 Å². The number of likely N-dealkylation sites (N-methyl/N-ethyl adjacent to an activating group) is 1. The zero-order valence-corrected chi connectivity index (χ0v) is 21.0. The Hall–Kier alpha value is -2.12. The van der Waals surface area contributed by atoms with Crippen LogP contribution >= 0.6 is 11.3 Å². The number of nitrogens with zero attached hydrogens (tertiary/aromatic N) is 3. The zero-order chi connectivity index (χ0) is 23.1. The molecule has 1 fully saturated rings. The van der Waals surface area contributed by atoms with Gasteiger partial charge in [0.15, 0.2) is 5.13 Å². The normalized spacial score (nSPS) is 24.1. The molecule has 32 heavy (non-hydrogen) atoms. The molecule has 0 saturated carbocycles. The van der Waals surface area contributed by atoms with E-state index in [1.807, 2.05) is 6.92 Å². The fraction of sp³-hybridized carbons (Fsp3) is 0.600. The van der Waals surface area contributed by atoms with Crippen LogP contribution in [0.4, 0.5) is 5.13 Å². The zero-order valence-electron chi connectivity index (χ0n) is 20.2. The summed E-state index contributed by atoms with van der Waals surface area (Å²) in [6.07, 6.45) is 14.2. The maximum absolute atomic E-state index is 13.1. The Kier molecular flexibility index (Phi) is 8.93. The molecule has 2 aliphatic rings. The van der Waals surface area contributed by atoms with Crippen molar-refractivity contribution in [2.75, 3.05) is 31.6 Å². The van der Waals surface area contributed by atoms with Crippen LogP contribution in [0.2, 0.25) is 0 Å². The quantitative estimate of drug-likeness (QED) is 0.578. The van der Waals surface area contributed by atoms with Crippen LogP contribution in [0.3, 0.4) is 0 Å². The molecule has 1 aromatic heterocycles. The first-order chi connectivity index (χ1) is 15.4. The average Bonchev–Trinajstić information content (AvgIpc) is 3.40. The largest absolute Gasteiger partial charge is 0.384 e. The number of rotatable bonds is 9. The maximum Gasteiger partial charge on any atom is 0.263 e. The first kappa shape index (κ1) is 24.5. The van der Waals surface area contributed by atoms with Crippen molar-refractivity contribution in [1.82, 2.24) is 20.5 Å². The smallest absolute Gasteiger partial charge is 0.263 e. The molecule has 1 amide bonds. The number of hydrogen-bond donors (Lipinski definition) is 2. The topological polar surface area (TPSA) is 60.5 Å². The number of thiazole rings is 1. The average molecular weight is 458 g/mol. The number of carbonyl (C=O) groups is 1. The number of aromatic nitrogens is 1. The number of nitrogens with one attached hydrogen (secondary N) is 2.